The normalized spacial score (nSPS) is 18.3. The van der Waals surface area contributed by atoms with E-state index in [1.54, 1.807) is 23.5 Å². The molecule has 2 aromatic rings. The quantitative estimate of drug-likeness (QED) is 0.673. The van der Waals surface area contributed by atoms with Crippen LogP contribution in [0.4, 0.5) is 4.39 Å². The number of rotatable bonds is 9. The first kappa shape index (κ1) is 18.9. The van der Waals surface area contributed by atoms with Crippen molar-refractivity contribution < 1.29 is 13.9 Å². The molecule has 140 valence electrons. The Bertz CT molecular complexity index is 690. The molecule has 1 amide bonds. The van der Waals surface area contributed by atoms with Gasteiger partial charge in [-0.2, -0.15) is 0 Å². The summed E-state index contributed by atoms with van der Waals surface area (Å²) in [7, 11) is 0. The van der Waals surface area contributed by atoms with Crippen LogP contribution in [0.3, 0.4) is 0 Å². The monoisotopic (exact) mass is 376 g/mol. The minimum absolute atomic E-state index is 0.150. The minimum Gasteiger partial charge on any atom is -0.492 e. The number of halogens is 1. The number of benzene rings is 1. The Labute approximate surface area is 158 Å². The number of ether oxygens (including phenoxy) is 1. The van der Waals surface area contributed by atoms with Crippen molar-refractivity contribution in [3.05, 3.63) is 52.5 Å². The van der Waals surface area contributed by atoms with Crippen LogP contribution in [0.25, 0.3) is 0 Å². The average molecular weight is 376 g/mol. The van der Waals surface area contributed by atoms with Gasteiger partial charge in [-0.1, -0.05) is 6.07 Å². The smallest absolute Gasteiger partial charge is 0.223 e. The number of amides is 1. The van der Waals surface area contributed by atoms with E-state index in [4.69, 9.17) is 4.74 Å². The summed E-state index contributed by atoms with van der Waals surface area (Å²) in [6.07, 6.45) is 2.52. The Morgan fingerprint density at radius 2 is 2.12 bits per heavy atom. The van der Waals surface area contributed by atoms with Gasteiger partial charge in [-0.05, 0) is 62.0 Å². The highest BCUT2D eigenvalue weighted by Crippen LogP contribution is 2.33. The van der Waals surface area contributed by atoms with Crippen LogP contribution in [0.15, 0.2) is 41.8 Å². The third kappa shape index (κ3) is 4.83. The molecule has 1 aliphatic rings. The van der Waals surface area contributed by atoms with Crippen LogP contribution in [0.5, 0.6) is 5.75 Å². The number of hydrogen-bond acceptors (Lipinski definition) is 4. The summed E-state index contributed by atoms with van der Waals surface area (Å²) in [5.41, 5.74) is 0. The second-order valence-electron chi connectivity index (χ2n) is 6.53. The summed E-state index contributed by atoms with van der Waals surface area (Å²) in [6, 6.07) is 10.6. The van der Waals surface area contributed by atoms with Gasteiger partial charge in [0.25, 0.3) is 0 Å². The third-order valence-corrected chi connectivity index (χ3v) is 5.80. The molecule has 0 bridgehead atoms. The van der Waals surface area contributed by atoms with Crippen molar-refractivity contribution in [1.29, 1.82) is 0 Å². The van der Waals surface area contributed by atoms with Gasteiger partial charge in [0.15, 0.2) is 0 Å². The van der Waals surface area contributed by atoms with Crippen molar-refractivity contribution in [3.63, 3.8) is 0 Å². The van der Waals surface area contributed by atoms with Crippen LogP contribution in [0.2, 0.25) is 0 Å². The van der Waals surface area contributed by atoms with Crippen molar-refractivity contribution in [2.45, 2.75) is 38.3 Å². The van der Waals surface area contributed by atoms with Gasteiger partial charge in [-0.3, -0.25) is 4.79 Å². The molecule has 1 saturated heterocycles. The van der Waals surface area contributed by atoms with Gasteiger partial charge in [-0.25, -0.2) is 4.39 Å². The Hall–Kier alpha value is -1.92. The molecule has 0 saturated carbocycles. The number of likely N-dealkylation sites (tertiary alicyclic amines) is 1. The van der Waals surface area contributed by atoms with E-state index in [1.165, 1.54) is 17.0 Å². The zero-order chi connectivity index (χ0) is 18.4. The molecule has 0 unspecified atom stereocenters. The number of hydrogen-bond donors (Lipinski definition) is 1. The Morgan fingerprint density at radius 3 is 2.85 bits per heavy atom. The standard InChI is InChI=1S/C20H25FN2O2S/c1-15(19-3-2-14-26-19)23-17(6-9-20(23)24)10-11-22-12-13-25-18-7-4-16(21)5-8-18/h2-5,7-8,14-15,17,22H,6,9-13H2,1H3/t15-,17+/m0/s1. The lowest BCUT2D eigenvalue weighted by Crippen LogP contribution is -2.37. The van der Waals surface area contributed by atoms with E-state index in [0.29, 0.717) is 24.8 Å². The number of thiophene rings is 1. The maximum atomic E-state index is 12.8. The fraction of sp³-hybridized carbons (Fsp3) is 0.450. The van der Waals surface area contributed by atoms with Crippen LogP contribution in [0, 0.1) is 5.82 Å². The first-order chi connectivity index (χ1) is 12.6. The van der Waals surface area contributed by atoms with Gasteiger partial charge in [-0.15, -0.1) is 11.3 Å². The Morgan fingerprint density at radius 1 is 1.31 bits per heavy atom. The molecule has 1 aliphatic heterocycles. The van der Waals surface area contributed by atoms with E-state index in [9.17, 15) is 9.18 Å². The highest BCUT2D eigenvalue weighted by Gasteiger charge is 2.34. The van der Waals surface area contributed by atoms with E-state index in [1.807, 2.05) is 6.07 Å². The van der Waals surface area contributed by atoms with Crippen LogP contribution < -0.4 is 10.1 Å². The molecule has 1 N–H and O–H groups in total. The predicted octanol–water partition coefficient (Wildman–Crippen LogP) is 4.00. The van der Waals surface area contributed by atoms with Crippen LogP contribution in [-0.4, -0.2) is 36.5 Å². The maximum Gasteiger partial charge on any atom is 0.223 e. The fourth-order valence-corrected chi connectivity index (χ4v) is 4.19. The third-order valence-electron chi connectivity index (χ3n) is 4.76. The summed E-state index contributed by atoms with van der Waals surface area (Å²) in [5.74, 6) is 0.670. The van der Waals surface area contributed by atoms with Gasteiger partial charge in [0, 0.05) is 23.9 Å². The molecule has 1 fully saturated rings. The van der Waals surface area contributed by atoms with E-state index >= 15 is 0 Å². The lowest BCUT2D eigenvalue weighted by Gasteiger charge is -2.30. The van der Waals surface area contributed by atoms with Crippen LogP contribution in [-0.2, 0) is 4.79 Å². The molecule has 2 atom stereocenters. The number of nitrogens with zero attached hydrogens (tertiary/aromatic N) is 1. The number of carbonyl (C=O) groups is 1. The predicted molar refractivity (Wildman–Crippen MR) is 102 cm³/mol. The zero-order valence-electron chi connectivity index (χ0n) is 15.0. The lowest BCUT2D eigenvalue weighted by atomic mass is 10.1. The summed E-state index contributed by atoms with van der Waals surface area (Å²) < 4.78 is 18.4. The van der Waals surface area contributed by atoms with E-state index in [-0.39, 0.29) is 17.8 Å². The van der Waals surface area contributed by atoms with E-state index in [0.717, 1.165) is 25.9 Å². The van der Waals surface area contributed by atoms with Gasteiger partial charge in [0.05, 0.1) is 6.04 Å². The maximum absolute atomic E-state index is 12.8. The first-order valence-electron chi connectivity index (χ1n) is 9.09. The van der Waals surface area contributed by atoms with Crippen molar-refractivity contribution in [3.8, 4) is 5.75 Å². The summed E-state index contributed by atoms with van der Waals surface area (Å²) >= 11 is 1.71. The molecule has 1 aromatic heterocycles. The number of carbonyl (C=O) groups excluding carboxylic acids is 1. The van der Waals surface area contributed by atoms with Crippen molar-refractivity contribution in [2.24, 2.45) is 0 Å². The lowest BCUT2D eigenvalue weighted by molar-refractivity contribution is -0.131. The van der Waals surface area contributed by atoms with E-state index < -0.39 is 0 Å². The van der Waals surface area contributed by atoms with Gasteiger partial charge >= 0.3 is 0 Å². The zero-order valence-corrected chi connectivity index (χ0v) is 15.8. The van der Waals surface area contributed by atoms with Crippen molar-refractivity contribution in [1.82, 2.24) is 10.2 Å². The molecular formula is C20H25FN2O2S. The second-order valence-corrected chi connectivity index (χ2v) is 7.51. The average Bonchev–Trinajstić information content (AvgIpc) is 3.29. The highest BCUT2D eigenvalue weighted by molar-refractivity contribution is 7.10. The van der Waals surface area contributed by atoms with Crippen molar-refractivity contribution in [2.75, 3.05) is 19.7 Å². The molecule has 0 radical (unpaired) electrons. The van der Waals surface area contributed by atoms with E-state index in [2.05, 4.69) is 28.6 Å². The molecule has 4 nitrogen and oxygen atoms in total. The molecule has 26 heavy (non-hydrogen) atoms. The van der Waals surface area contributed by atoms with Crippen LogP contribution >= 0.6 is 11.3 Å². The second kappa shape index (κ2) is 9.14. The molecule has 6 heteroatoms. The molecule has 0 aliphatic carbocycles. The minimum atomic E-state index is -0.261. The number of nitrogens with one attached hydrogen (secondary N) is 1. The van der Waals surface area contributed by atoms with Crippen LogP contribution in [0.1, 0.15) is 37.1 Å². The molecule has 3 rings (SSSR count). The first-order valence-corrected chi connectivity index (χ1v) is 9.97. The van der Waals surface area contributed by atoms with Gasteiger partial charge in [0.1, 0.15) is 18.2 Å². The topological polar surface area (TPSA) is 41.6 Å². The van der Waals surface area contributed by atoms with Gasteiger partial charge in [0.2, 0.25) is 5.91 Å². The summed E-state index contributed by atoms with van der Waals surface area (Å²) in [4.78, 5) is 15.6. The van der Waals surface area contributed by atoms with Crippen molar-refractivity contribution >= 4 is 17.2 Å². The summed E-state index contributed by atoms with van der Waals surface area (Å²) in [5, 5.41) is 5.43. The largest absolute Gasteiger partial charge is 0.492 e. The molecule has 1 aromatic carbocycles. The molecule has 2 heterocycles. The van der Waals surface area contributed by atoms with Gasteiger partial charge < -0.3 is 15.0 Å². The highest BCUT2D eigenvalue weighted by atomic mass is 32.1. The Kier molecular flexibility index (Phi) is 6.63. The molecular weight excluding hydrogens is 351 g/mol. The SMILES string of the molecule is C[C@@H](c1cccs1)N1C(=O)CC[C@@H]1CCNCCOc1ccc(F)cc1. The fourth-order valence-electron chi connectivity index (χ4n) is 3.41. The molecule has 0 spiro atoms. The Balaban J connectivity index is 1.38. The summed E-state index contributed by atoms with van der Waals surface area (Å²) in [6.45, 7) is 4.22.